The predicted molar refractivity (Wildman–Crippen MR) is 122 cm³/mol. The zero-order valence-electron chi connectivity index (χ0n) is 22.5. The molecule has 0 radical (unpaired) electrons. The lowest BCUT2D eigenvalue weighted by Gasteiger charge is -2.50. The summed E-state index contributed by atoms with van der Waals surface area (Å²) >= 11 is 0. The molecule has 2 aliphatic rings. The maximum absolute atomic E-state index is 12.1. The van der Waals surface area contributed by atoms with Crippen molar-refractivity contribution in [1.82, 2.24) is 0 Å². The van der Waals surface area contributed by atoms with Crippen molar-refractivity contribution in [2.75, 3.05) is 0 Å². The van der Waals surface area contributed by atoms with Crippen molar-refractivity contribution in [3.05, 3.63) is 0 Å². The summed E-state index contributed by atoms with van der Waals surface area (Å²) in [6.07, 6.45) is -12.3. The van der Waals surface area contributed by atoms with Gasteiger partial charge in [0.15, 0.2) is 36.6 Å². The fraction of sp³-hybridized carbons (Fsp3) is 0.750. The molecule has 2 fully saturated rings. The van der Waals surface area contributed by atoms with Crippen LogP contribution in [0.4, 0.5) is 0 Å². The summed E-state index contributed by atoms with van der Waals surface area (Å²) in [5.74, 6) is -4.53. The van der Waals surface area contributed by atoms with Crippen LogP contribution in [0.5, 0.6) is 0 Å². The molecule has 0 aromatic heterocycles. The molecule has 214 valence electrons. The van der Waals surface area contributed by atoms with Gasteiger partial charge in [0.05, 0.1) is 12.2 Å². The van der Waals surface area contributed by atoms with Gasteiger partial charge in [0.1, 0.15) is 12.2 Å². The third kappa shape index (κ3) is 7.87. The van der Waals surface area contributed by atoms with Crippen LogP contribution in [0.1, 0.15) is 55.4 Å². The molecule has 10 atom stereocenters. The fourth-order valence-electron chi connectivity index (χ4n) is 4.63. The van der Waals surface area contributed by atoms with E-state index in [1.165, 1.54) is 13.8 Å². The van der Waals surface area contributed by atoms with Crippen molar-refractivity contribution in [3.8, 4) is 0 Å². The molecule has 0 amide bonds. The molecule has 0 bridgehead atoms. The molecule has 0 unspecified atom stereocenters. The standard InChI is InChI=1S/C24H34O14/c1-9-17(33-11(3)25)19(35-13(5)27)23(37-15(7)29)21(31-9)22-24(38-16(8)30)20(36-14(6)28)18(10(2)32-22)34-12(4)26/h9-10,17-24H,1-8H3/t9-,10-,17+,18+,19+,20+,21-,22-,23-,24-/m1/s1. The first kappa shape index (κ1) is 31.0. The minimum absolute atomic E-state index is 0.706. The van der Waals surface area contributed by atoms with Crippen molar-refractivity contribution in [2.24, 2.45) is 0 Å². The zero-order chi connectivity index (χ0) is 28.9. The number of hydrogen-bond acceptors (Lipinski definition) is 14. The molecule has 2 heterocycles. The Labute approximate surface area is 219 Å². The van der Waals surface area contributed by atoms with Gasteiger partial charge in [-0.25, -0.2) is 0 Å². The summed E-state index contributed by atoms with van der Waals surface area (Å²) in [5.41, 5.74) is 0. The molecular weight excluding hydrogens is 512 g/mol. The first-order valence-corrected chi connectivity index (χ1v) is 12.0. The molecule has 38 heavy (non-hydrogen) atoms. The number of hydrogen-bond donors (Lipinski definition) is 0. The number of ether oxygens (including phenoxy) is 8. The third-order valence-electron chi connectivity index (χ3n) is 5.75. The van der Waals surface area contributed by atoms with Gasteiger partial charge < -0.3 is 37.9 Å². The normalized spacial score (nSPS) is 34.7. The van der Waals surface area contributed by atoms with Crippen LogP contribution < -0.4 is 0 Å². The van der Waals surface area contributed by atoms with Gasteiger partial charge in [-0.1, -0.05) is 0 Å². The Morgan fingerprint density at radius 3 is 0.842 bits per heavy atom. The van der Waals surface area contributed by atoms with Gasteiger partial charge in [-0.2, -0.15) is 0 Å². The Morgan fingerprint density at radius 1 is 0.395 bits per heavy atom. The van der Waals surface area contributed by atoms with Crippen LogP contribution in [0.2, 0.25) is 0 Å². The van der Waals surface area contributed by atoms with Gasteiger partial charge in [-0.05, 0) is 13.8 Å². The molecule has 0 spiro atoms. The summed E-state index contributed by atoms with van der Waals surface area (Å²) in [6, 6.07) is 0. The van der Waals surface area contributed by atoms with Crippen molar-refractivity contribution >= 4 is 35.8 Å². The van der Waals surface area contributed by atoms with Crippen molar-refractivity contribution < 1.29 is 66.7 Å². The van der Waals surface area contributed by atoms with E-state index in [-0.39, 0.29) is 0 Å². The largest absolute Gasteiger partial charge is 0.456 e. The Bertz CT molecular complexity index is 857. The summed E-state index contributed by atoms with van der Waals surface area (Å²) in [4.78, 5) is 71.8. The third-order valence-corrected chi connectivity index (χ3v) is 5.75. The van der Waals surface area contributed by atoms with E-state index in [0.29, 0.717) is 0 Å². The van der Waals surface area contributed by atoms with E-state index in [4.69, 9.17) is 37.9 Å². The van der Waals surface area contributed by atoms with Crippen LogP contribution in [0.15, 0.2) is 0 Å². The molecular formula is C24H34O14. The Kier molecular flexibility index (Phi) is 10.6. The minimum atomic E-state index is -1.42. The molecule has 14 nitrogen and oxygen atoms in total. The van der Waals surface area contributed by atoms with Gasteiger partial charge in [0, 0.05) is 41.5 Å². The first-order valence-electron chi connectivity index (χ1n) is 12.0. The quantitative estimate of drug-likeness (QED) is 0.311. The highest BCUT2D eigenvalue weighted by molar-refractivity contribution is 5.69. The van der Waals surface area contributed by atoms with Crippen LogP contribution in [-0.2, 0) is 66.7 Å². The zero-order valence-corrected chi connectivity index (χ0v) is 22.5. The van der Waals surface area contributed by atoms with Gasteiger partial charge in [-0.15, -0.1) is 0 Å². The Morgan fingerprint density at radius 2 is 0.605 bits per heavy atom. The van der Waals surface area contributed by atoms with Crippen LogP contribution >= 0.6 is 0 Å². The molecule has 0 N–H and O–H groups in total. The van der Waals surface area contributed by atoms with Crippen molar-refractivity contribution in [3.63, 3.8) is 0 Å². The van der Waals surface area contributed by atoms with Crippen LogP contribution in [0, 0.1) is 0 Å². The fourth-order valence-corrected chi connectivity index (χ4v) is 4.63. The molecule has 14 heteroatoms. The second-order valence-electron chi connectivity index (χ2n) is 9.06. The number of esters is 6. The minimum Gasteiger partial charge on any atom is -0.456 e. The van der Waals surface area contributed by atoms with Crippen LogP contribution in [-0.4, -0.2) is 96.9 Å². The summed E-state index contributed by atoms with van der Waals surface area (Å²) in [6.45, 7) is 9.79. The monoisotopic (exact) mass is 546 g/mol. The van der Waals surface area contributed by atoms with E-state index in [1.807, 2.05) is 0 Å². The van der Waals surface area contributed by atoms with Crippen molar-refractivity contribution in [2.45, 2.75) is 116 Å². The number of carbonyl (C=O) groups excluding carboxylic acids is 6. The van der Waals surface area contributed by atoms with Crippen LogP contribution in [0.3, 0.4) is 0 Å². The molecule has 2 aliphatic heterocycles. The lowest BCUT2D eigenvalue weighted by Crippen LogP contribution is -2.70. The second kappa shape index (κ2) is 13.0. The topological polar surface area (TPSA) is 176 Å². The molecule has 0 aromatic carbocycles. The van der Waals surface area contributed by atoms with E-state index in [0.717, 1.165) is 41.5 Å². The molecule has 2 saturated heterocycles. The SMILES string of the molecule is CC(=O)O[C@H]1[C@@H]([C@H]2O[C@H](C)[C@H](OC(C)=O)[C@H](OC(C)=O)[C@H]2OC(C)=O)O[C@H](C)[C@H](OC(C)=O)[C@@H]1OC(C)=O. The summed E-state index contributed by atoms with van der Waals surface area (Å²) < 4.78 is 44.6. The summed E-state index contributed by atoms with van der Waals surface area (Å²) in [7, 11) is 0. The van der Waals surface area contributed by atoms with Gasteiger partial charge in [0.2, 0.25) is 0 Å². The average Bonchev–Trinajstić information content (AvgIpc) is 2.75. The highest BCUT2D eigenvalue weighted by Crippen LogP contribution is 2.37. The van der Waals surface area contributed by atoms with Gasteiger partial charge in [-0.3, -0.25) is 28.8 Å². The first-order chi connectivity index (χ1) is 17.6. The van der Waals surface area contributed by atoms with E-state index < -0.39 is 96.9 Å². The maximum atomic E-state index is 12.1. The lowest BCUT2D eigenvalue weighted by molar-refractivity contribution is -0.301. The van der Waals surface area contributed by atoms with E-state index in [1.54, 1.807) is 0 Å². The Hall–Kier alpha value is -3.26. The average molecular weight is 547 g/mol. The molecule has 0 saturated carbocycles. The number of rotatable bonds is 7. The van der Waals surface area contributed by atoms with E-state index >= 15 is 0 Å². The van der Waals surface area contributed by atoms with Gasteiger partial charge >= 0.3 is 35.8 Å². The lowest BCUT2D eigenvalue weighted by atomic mass is 9.85. The Balaban J connectivity index is 2.63. The number of carbonyl (C=O) groups is 6. The maximum Gasteiger partial charge on any atom is 0.303 e. The highest BCUT2D eigenvalue weighted by Gasteiger charge is 2.60. The summed E-state index contributed by atoms with van der Waals surface area (Å²) in [5, 5.41) is 0. The second-order valence-corrected chi connectivity index (χ2v) is 9.06. The van der Waals surface area contributed by atoms with E-state index in [9.17, 15) is 28.8 Å². The molecule has 0 aromatic rings. The van der Waals surface area contributed by atoms with E-state index in [2.05, 4.69) is 0 Å². The van der Waals surface area contributed by atoms with Crippen LogP contribution in [0.25, 0.3) is 0 Å². The predicted octanol–water partition coefficient (Wildman–Crippen LogP) is 0.151. The molecule has 0 aliphatic carbocycles. The smallest absolute Gasteiger partial charge is 0.303 e. The highest BCUT2D eigenvalue weighted by atomic mass is 16.7. The van der Waals surface area contributed by atoms with Gasteiger partial charge in [0.25, 0.3) is 0 Å². The molecule has 2 rings (SSSR count). The van der Waals surface area contributed by atoms with Crippen molar-refractivity contribution in [1.29, 1.82) is 0 Å².